The van der Waals surface area contributed by atoms with Crippen LogP contribution in [0.1, 0.15) is 86.7 Å². The number of amidine groups is 1. The van der Waals surface area contributed by atoms with E-state index in [0.29, 0.717) is 23.5 Å². The number of amides is 1. The molecule has 4 rings (SSSR count). The molecular weight excluding hydrogens is 406 g/mol. The predicted molar refractivity (Wildman–Crippen MR) is 123 cm³/mol. The molecule has 7 nitrogen and oxygen atoms in total. The summed E-state index contributed by atoms with van der Waals surface area (Å²) in [5.74, 6) is 0.500. The molecule has 0 aliphatic heterocycles. The van der Waals surface area contributed by atoms with Gasteiger partial charge in [-0.15, -0.1) is 0 Å². The quantitative estimate of drug-likeness (QED) is 0.329. The van der Waals surface area contributed by atoms with Crippen molar-refractivity contribution in [2.45, 2.75) is 82.8 Å². The maximum absolute atomic E-state index is 12.7. The van der Waals surface area contributed by atoms with Gasteiger partial charge in [0.15, 0.2) is 5.76 Å². The molecule has 0 unspecified atom stereocenters. The summed E-state index contributed by atoms with van der Waals surface area (Å²) in [5.41, 5.74) is 6.74. The molecule has 2 saturated carbocycles. The number of nitrogens with one attached hydrogen (secondary N) is 2. The van der Waals surface area contributed by atoms with E-state index in [0.717, 1.165) is 50.3 Å². The highest BCUT2D eigenvalue weighted by molar-refractivity contribution is 6.00. The van der Waals surface area contributed by atoms with E-state index < -0.39 is 0 Å². The molecule has 7 heteroatoms. The maximum atomic E-state index is 12.7. The Morgan fingerprint density at radius 3 is 2.53 bits per heavy atom. The SMILES string of the molecule is N=C(N)c1ccc2oc(C(=O)NC3CCC(CCC(=O)OC4CCCCC4)CC3)cc2c1. The van der Waals surface area contributed by atoms with E-state index in [1.807, 2.05) is 0 Å². The van der Waals surface area contributed by atoms with Crippen molar-refractivity contribution in [2.75, 3.05) is 0 Å². The van der Waals surface area contributed by atoms with E-state index in [9.17, 15) is 9.59 Å². The second kappa shape index (κ2) is 10.2. The van der Waals surface area contributed by atoms with Crippen molar-refractivity contribution in [3.63, 3.8) is 0 Å². The largest absolute Gasteiger partial charge is 0.462 e. The van der Waals surface area contributed by atoms with E-state index in [-0.39, 0.29) is 35.6 Å². The average molecular weight is 440 g/mol. The predicted octanol–water partition coefficient (Wildman–Crippen LogP) is 4.66. The summed E-state index contributed by atoms with van der Waals surface area (Å²) in [4.78, 5) is 24.8. The summed E-state index contributed by atoms with van der Waals surface area (Å²) in [5, 5.41) is 11.4. The molecule has 1 aromatic heterocycles. The molecule has 172 valence electrons. The molecule has 0 bridgehead atoms. The van der Waals surface area contributed by atoms with Crippen LogP contribution in [-0.4, -0.2) is 29.9 Å². The summed E-state index contributed by atoms with van der Waals surface area (Å²) in [7, 11) is 0. The fraction of sp³-hybridized carbons (Fsp3) is 0.560. The summed E-state index contributed by atoms with van der Waals surface area (Å²) in [6.45, 7) is 0. The second-order valence-corrected chi connectivity index (χ2v) is 9.26. The first-order valence-corrected chi connectivity index (χ1v) is 11.9. The molecule has 32 heavy (non-hydrogen) atoms. The van der Waals surface area contributed by atoms with Crippen molar-refractivity contribution in [2.24, 2.45) is 11.7 Å². The summed E-state index contributed by atoms with van der Waals surface area (Å²) < 4.78 is 11.3. The van der Waals surface area contributed by atoms with Crippen LogP contribution in [0.3, 0.4) is 0 Å². The Labute approximate surface area is 188 Å². The van der Waals surface area contributed by atoms with E-state index >= 15 is 0 Å². The Morgan fingerprint density at radius 1 is 1.06 bits per heavy atom. The van der Waals surface area contributed by atoms with Crippen LogP contribution in [-0.2, 0) is 9.53 Å². The van der Waals surface area contributed by atoms with Crippen LogP contribution in [0.15, 0.2) is 28.7 Å². The number of benzene rings is 1. The molecule has 1 amide bonds. The number of nitrogens with two attached hydrogens (primary N) is 1. The molecule has 1 aromatic carbocycles. The Kier molecular flexibility index (Phi) is 7.12. The lowest BCUT2D eigenvalue weighted by molar-refractivity contribution is -0.150. The lowest BCUT2D eigenvalue weighted by atomic mass is 9.83. The summed E-state index contributed by atoms with van der Waals surface area (Å²) in [6, 6.07) is 7.01. The first-order valence-electron chi connectivity index (χ1n) is 11.9. The zero-order valence-electron chi connectivity index (χ0n) is 18.5. The van der Waals surface area contributed by atoms with Crippen LogP contribution in [0.5, 0.6) is 0 Å². The lowest BCUT2D eigenvalue weighted by Gasteiger charge is -2.29. The van der Waals surface area contributed by atoms with Crippen molar-refractivity contribution in [3.05, 3.63) is 35.6 Å². The fourth-order valence-electron chi connectivity index (χ4n) is 4.92. The van der Waals surface area contributed by atoms with Crippen LogP contribution in [0, 0.1) is 11.3 Å². The van der Waals surface area contributed by atoms with Gasteiger partial charge in [0, 0.05) is 23.4 Å². The molecule has 0 atom stereocenters. The Hall–Kier alpha value is -2.83. The van der Waals surface area contributed by atoms with Crippen LogP contribution >= 0.6 is 0 Å². The highest BCUT2D eigenvalue weighted by atomic mass is 16.5. The van der Waals surface area contributed by atoms with Crippen LogP contribution in [0.2, 0.25) is 0 Å². The molecule has 2 fully saturated rings. The van der Waals surface area contributed by atoms with Crippen LogP contribution < -0.4 is 11.1 Å². The van der Waals surface area contributed by atoms with Gasteiger partial charge in [0.25, 0.3) is 5.91 Å². The minimum absolute atomic E-state index is 0.0156. The number of hydrogen-bond acceptors (Lipinski definition) is 5. The average Bonchev–Trinajstić information content (AvgIpc) is 3.23. The van der Waals surface area contributed by atoms with Crippen LogP contribution in [0.4, 0.5) is 0 Å². The molecule has 2 aromatic rings. The first kappa shape index (κ1) is 22.4. The molecule has 2 aliphatic carbocycles. The van der Waals surface area contributed by atoms with Gasteiger partial charge < -0.3 is 20.2 Å². The van der Waals surface area contributed by atoms with Crippen molar-refractivity contribution >= 4 is 28.7 Å². The van der Waals surface area contributed by atoms with E-state index in [1.165, 1.54) is 19.3 Å². The Morgan fingerprint density at radius 2 is 1.81 bits per heavy atom. The number of carbonyl (C=O) groups excluding carboxylic acids is 2. The number of ether oxygens (including phenoxy) is 1. The fourth-order valence-corrected chi connectivity index (χ4v) is 4.92. The van der Waals surface area contributed by atoms with Crippen molar-refractivity contribution in [3.8, 4) is 0 Å². The molecule has 0 saturated heterocycles. The highest BCUT2D eigenvalue weighted by Gasteiger charge is 2.25. The minimum Gasteiger partial charge on any atom is -0.462 e. The standard InChI is InChI=1S/C25H33N3O4/c26-24(27)17-9-12-21-18(14-17)15-22(32-21)25(30)28-19-10-6-16(7-11-19)8-13-23(29)31-20-4-2-1-3-5-20/h9,12,14-16,19-20H,1-8,10-11,13H2,(H3,26,27)(H,28,30). The van der Waals surface area contributed by atoms with Gasteiger partial charge in [-0.05, 0) is 88.0 Å². The number of rotatable bonds is 7. The molecule has 4 N–H and O–H groups in total. The van der Waals surface area contributed by atoms with Gasteiger partial charge in [0.1, 0.15) is 17.5 Å². The van der Waals surface area contributed by atoms with Crippen LogP contribution in [0.25, 0.3) is 11.0 Å². The number of hydrogen-bond donors (Lipinski definition) is 3. The molecule has 0 spiro atoms. The van der Waals surface area contributed by atoms with E-state index in [1.54, 1.807) is 24.3 Å². The smallest absolute Gasteiger partial charge is 0.306 e. The third-order valence-electron chi connectivity index (χ3n) is 6.84. The maximum Gasteiger partial charge on any atom is 0.306 e. The number of fused-ring (bicyclic) bond motifs is 1. The highest BCUT2D eigenvalue weighted by Crippen LogP contribution is 2.29. The summed E-state index contributed by atoms with van der Waals surface area (Å²) >= 11 is 0. The van der Waals surface area contributed by atoms with Crippen molar-refractivity contribution < 1.29 is 18.7 Å². The number of carbonyl (C=O) groups is 2. The lowest BCUT2D eigenvalue weighted by Crippen LogP contribution is -2.37. The zero-order valence-corrected chi connectivity index (χ0v) is 18.5. The molecule has 0 radical (unpaired) electrons. The van der Waals surface area contributed by atoms with Gasteiger partial charge in [-0.1, -0.05) is 6.42 Å². The van der Waals surface area contributed by atoms with Gasteiger partial charge in [0.05, 0.1) is 0 Å². The van der Waals surface area contributed by atoms with Gasteiger partial charge in [-0.2, -0.15) is 0 Å². The number of furan rings is 1. The third-order valence-corrected chi connectivity index (χ3v) is 6.84. The summed E-state index contributed by atoms with van der Waals surface area (Å²) in [6.07, 6.45) is 10.9. The van der Waals surface area contributed by atoms with E-state index in [2.05, 4.69) is 5.32 Å². The Balaban J connectivity index is 1.20. The van der Waals surface area contributed by atoms with E-state index in [4.69, 9.17) is 20.3 Å². The Bertz CT molecular complexity index is 969. The second-order valence-electron chi connectivity index (χ2n) is 9.26. The minimum atomic E-state index is -0.218. The zero-order chi connectivity index (χ0) is 22.5. The normalized spacial score (nSPS) is 21.9. The first-order chi connectivity index (χ1) is 15.5. The number of nitrogen functional groups attached to an aromatic ring is 1. The third kappa shape index (κ3) is 5.69. The van der Waals surface area contributed by atoms with Gasteiger partial charge in [0.2, 0.25) is 0 Å². The van der Waals surface area contributed by atoms with Gasteiger partial charge >= 0.3 is 5.97 Å². The van der Waals surface area contributed by atoms with Crippen molar-refractivity contribution in [1.82, 2.24) is 5.32 Å². The molecular formula is C25H33N3O4. The van der Waals surface area contributed by atoms with Crippen molar-refractivity contribution in [1.29, 1.82) is 5.41 Å². The topological polar surface area (TPSA) is 118 Å². The van der Waals surface area contributed by atoms with Gasteiger partial charge in [-0.3, -0.25) is 15.0 Å². The van der Waals surface area contributed by atoms with Gasteiger partial charge in [-0.25, -0.2) is 0 Å². The monoisotopic (exact) mass is 439 g/mol. The number of esters is 1. The molecule has 2 aliphatic rings. The molecule has 1 heterocycles.